The summed E-state index contributed by atoms with van der Waals surface area (Å²) in [5.74, 6) is 0.579. The molecule has 25 heavy (non-hydrogen) atoms. The number of carbonyl (C=O) groups is 1. The number of halogens is 3. The Morgan fingerprint density at radius 3 is 2.64 bits per heavy atom. The van der Waals surface area contributed by atoms with Crippen molar-refractivity contribution in [2.75, 3.05) is 20.1 Å². The van der Waals surface area contributed by atoms with Crippen LogP contribution in [0.5, 0.6) is 0 Å². The third-order valence-electron chi connectivity index (χ3n) is 4.92. The Morgan fingerprint density at radius 2 is 2.00 bits per heavy atom. The molecule has 0 bridgehead atoms. The summed E-state index contributed by atoms with van der Waals surface area (Å²) < 4.78 is 0. The molecule has 4 rings (SSSR count). The highest BCUT2D eigenvalue weighted by atomic mass is 35.5. The number of amides is 1. The third-order valence-corrected chi connectivity index (χ3v) is 5.15. The molecule has 2 aliphatic rings. The van der Waals surface area contributed by atoms with Crippen molar-refractivity contribution in [3.63, 3.8) is 0 Å². The number of pyridine rings is 1. The van der Waals surface area contributed by atoms with E-state index >= 15 is 0 Å². The molecule has 0 spiro atoms. The van der Waals surface area contributed by atoms with Crippen molar-refractivity contribution in [3.05, 3.63) is 40.5 Å². The molecule has 1 aliphatic carbocycles. The highest BCUT2D eigenvalue weighted by Gasteiger charge is 2.29. The van der Waals surface area contributed by atoms with Gasteiger partial charge >= 0.3 is 0 Å². The summed E-state index contributed by atoms with van der Waals surface area (Å²) in [5.41, 5.74) is 2.63. The first kappa shape index (κ1) is 20.2. The largest absolute Gasteiger partial charge is 0.337 e. The molecule has 1 atom stereocenters. The first-order valence-corrected chi connectivity index (χ1v) is 8.59. The maximum Gasteiger partial charge on any atom is 0.254 e. The van der Waals surface area contributed by atoms with E-state index in [-0.39, 0.29) is 36.8 Å². The maximum atomic E-state index is 13.1. The second kappa shape index (κ2) is 8.09. The van der Waals surface area contributed by atoms with Gasteiger partial charge in [0.05, 0.1) is 11.1 Å². The number of aromatic nitrogens is 1. The zero-order valence-electron chi connectivity index (χ0n) is 14.0. The van der Waals surface area contributed by atoms with Gasteiger partial charge in [-0.15, -0.1) is 24.8 Å². The Bertz CT molecular complexity index is 773. The number of likely N-dealkylation sites (N-methyl/N-ethyl adjacent to an activating group) is 1. The van der Waals surface area contributed by atoms with Gasteiger partial charge in [-0.2, -0.15) is 0 Å². The number of benzene rings is 1. The fraction of sp³-hybridized carbons (Fsp3) is 0.444. The lowest BCUT2D eigenvalue weighted by molar-refractivity contribution is 0.0745. The molecular weight excluding hydrogens is 381 g/mol. The molecule has 1 saturated heterocycles. The van der Waals surface area contributed by atoms with Gasteiger partial charge in [0.1, 0.15) is 0 Å². The van der Waals surface area contributed by atoms with Gasteiger partial charge in [0.15, 0.2) is 0 Å². The zero-order valence-corrected chi connectivity index (χ0v) is 16.4. The van der Waals surface area contributed by atoms with Crippen molar-refractivity contribution in [3.8, 4) is 0 Å². The topological polar surface area (TPSA) is 45.2 Å². The molecule has 1 aromatic heterocycles. The van der Waals surface area contributed by atoms with Gasteiger partial charge in [-0.3, -0.25) is 9.78 Å². The average Bonchev–Trinajstić information content (AvgIpc) is 3.27. The van der Waals surface area contributed by atoms with Gasteiger partial charge in [-0.05, 0) is 50.1 Å². The van der Waals surface area contributed by atoms with Crippen LogP contribution in [0.2, 0.25) is 5.02 Å². The number of nitrogens with zero attached hydrogens (tertiary/aromatic N) is 2. The van der Waals surface area contributed by atoms with Crippen molar-refractivity contribution in [1.29, 1.82) is 0 Å². The van der Waals surface area contributed by atoms with E-state index in [1.165, 1.54) is 12.8 Å². The van der Waals surface area contributed by atoms with Crippen LogP contribution < -0.4 is 5.32 Å². The van der Waals surface area contributed by atoms with Crippen LogP contribution in [-0.2, 0) is 0 Å². The normalized spacial score (nSPS) is 19.2. The summed E-state index contributed by atoms with van der Waals surface area (Å²) in [6.45, 7) is 1.83. The molecule has 7 heteroatoms. The van der Waals surface area contributed by atoms with Crippen LogP contribution in [-0.4, -0.2) is 42.0 Å². The average molecular weight is 403 g/mol. The van der Waals surface area contributed by atoms with Crippen molar-refractivity contribution in [2.45, 2.75) is 31.2 Å². The van der Waals surface area contributed by atoms with Crippen LogP contribution in [0.4, 0.5) is 0 Å². The van der Waals surface area contributed by atoms with Crippen LogP contribution >= 0.6 is 36.4 Å². The monoisotopic (exact) mass is 401 g/mol. The van der Waals surface area contributed by atoms with Crippen LogP contribution in [0, 0.1) is 0 Å². The maximum absolute atomic E-state index is 13.1. The molecule has 1 saturated carbocycles. The van der Waals surface area contributed by atoms with Gasteiger partial charge in [-0.1, -0.05) is 11.6 Å². The SMILES string of the molecule is CN(C(=O)c1cc(C2CC2)nc2ccc(Cl)cc12)C1CCNC1.Cl.Cl. The fourth-order valence-electron chi connectivity index (χ4n) is 3.31. The molecule has 0 radical (unpaired) electrons. The predicted octanol–water partition coefficient (Wildman–Crippen LogP) is 4.04. The van der Waals surface area contributed by atoms with Crippen molar-refractivity contribution < 1.29 is 4.79 Å². The van der Waals surface area contributed by atoms with Gasteiger partial charge in [0.25, 0.3) is 5.91 Å². The molecule has 4 nitrogen and oxygen atoms in total. The smallest absolute Gasteiger partial charge is 0.254 e. The predicted molar refractivity (Wildman–Crippen MR) is 107 cm³/mol. The number of rotatable bonds is 3. The number of nitrogens with one attached hydrogen (secondary N) is 1. The second-order valence-electron chi connectivity index (χ2n) is 6.59. The molecule has 2 aromatic rings. The zero-order chi connectivity index (χ0) is 16.0. The Morgan fingerprint density at radius 1 is 1.24 bits per heavy atom. The van der Waals surface area contributed by atoms with Crippen molar-refractivity contribution >= 4 is 53.2 Å². The molecular formula is C18H22Cl3N3O. The number of hydrogen-bond donors (Lipinski definition) is 1. The van der Waals surface area contributed by atoms with Crippen molar-refractivity contribution in [1.82, 2.24) is 15.2 Å². The molecule has 1 unspecified atom stereocenters. The summed E-state index contributed by atoms with van der Waals surface area (Å²) in [4.78, 5) is 19.7. The standard InChI is InChI=1S/C18H20ClN3O.2ClH/c1-22(13-6-7-20-10-13)18(23)15-9-17(11-2-3-11)21-16-5-4-12(19)8-14(15)16;;/h4-5,8-9,11,13,20H,2-3,6-7,10H2,1H3;2*1H. The molecule has 136 valence electrons. The van der Waals surface area contributed by atoms with E-state index in [1.54, 1.807) is 0 Å². The number of carbonyl (C=O) groups excluding carboxylic acids is 1. The lowest BCUT2D eigenvalue weighted by Crippen LogP contribution is -2.38. The summed E-state index contributed by atoms with van der Waals surface area (Å²) in [6.07, 6.45) is 3.34. The summed E-state index contributed by atoms with van der Waals surface area (Å²) in [5, 5.41) is 4.81. The first-order valence-electron chi connectivity index (χ1n) is 8.21. The highest BCUT2D eigenvalue weighted by Crippen LogP contribution is 2.40. The first-order chi connectivity index (χ1) is 11.1. The molecule has 1 aliphatic heterocycles. The number of fused-ring (bicyclic) bond motifs is 1. The van der Waals surface area contributed by atoms with Crippen LogP contribution in [0.25, 0.3) is 10.9 Å². The van der Waals surface area contributed by atoms with Gasteiger partial charge in [-0.25, -0.2) is 0 Å². The van der Waals surface area contributed by atoms with Crippen LogP contribution in [0.1, 0.15) is 41.2 Å². The summed E-state index contributed by atoms with van der Waals surface area (Å²) in [6, 6.07) is 7.85. The van der Waals surface area contributed by atoms with E-state index in [2.05, 4.69) is 5.32 Å². The van der Waals surface area contributed by atoms with Crippen LogP contribution in [0.3, 0.4) is 0 Å². The van der Waals surface area contributed by atoms with E-state index < -0.39 is 0 Å². The Balaban J connectivity index is 0.00000113. The van der Waals surface area contributed by atoms with E-state index in [1.807, 2.05) is 36.2 Å². The molecule has 1 N–H and O–H groups in total. The molecule has 2 heterocycles. The fourth-order valence-corrected chi connectivity index (χ4v) is 3.48. The lowest BCUT2D eigenvalue weighted by atomic mass is 10.0. The molecule has 1 amide bonds. The minimum absolute atomic E-state index is 0. The second-order valence-corrected chi connectivity index (χ2v) is 7.03. The lowest BCUT2D eigenvalue weighted by Gasteiger charge is -2.24. The van der Waals surface area contributed by atoms with Crippen LogP contribution in [0.15, 0.2) is 24.3 Å². The van der Waals surface area contributed by atoms with E-state index in [4.69, 9.17) is 16.6 Å². The highest BCUT2D eigenvalue weighted by molar-refractivity contribution is 6.31. The summed E-state index contributed by atoms with van der Waals surface area (Å²) in [7, 11) is 1.90. The minimum Gasteiger partial charge on any atom is -0.337 e. The van der Waals surface area contributed by atoms with E-state index in [0.29, 0.717) is 10.9 Å². The van der Waals surface area contributed by atoms with Gasteiger partial charge in [0.2, 0.25) is 0 Å². The van der Waals surface area contributed by atoms with Gasteiger partial charge in [0, 0.05) is 41.7 Å². The van der Waals surface area contributed by atoms with Crippen molar-refractivity contribution in [2.24, 2.45) is 0 Å². The molecule has 2 fully saturated rings. The number of hydrogen-bond acceptors (Lipinski definition) is 3. The quantitative estimate of drug-likeness (QED) is 0.842. The summed E-state index contributed by atoms with van der Waals surface area (Å²) >= 11 is 6.15. The Hall–Kier alpha value is -1.07. The molecule has 1 aromatic carbocycles. The Kier molecular flexibility index (Phi) is 6.55. The minimum atomic E-state index is 0. The third kappa shape index (κ3) is 4.03. The Labute approximate surface area is 165 Å². The van der Waals surface area contributed by atoms with E-state index in [0.717, 1.165) is 41.7 Å². The van der Waals surface area contributed by atoms with Gasteiger partial charge < -0.3 is 10.2 Å². The van der Waals surface area contributed by atoms with E-state index in [9.17, 15) is 4.79 Å².